The lowest BCUT2D eigenvalue weighted by molar-refractivity contribution is -0.183. The van der Waals surface area contributed by atoms with E-state index in [1.165, 1.54) is 0 Å². The predicted molar refractivity (Wildman–Crippen MR) is 56.6 cm³/mol. The molecule has 1 fully saturated rings. The lowest BCUT2D eigenvalue weighted by atomic mass is 10.4. The van der Waals surface area contributed by atoms with Gasteiger partial charge in [-0.05, 0) is 20.0 Å². The fraction of sp³-hybridized carbons (Fsp3) is 0.600. The van der Waals surface area contributed by atoms with Crippen LogP contribution in [0.4, 0.5) is 0 Å². The van der Waals surface area contributed by atoms with E-state index in [-0.39, 0.29) is 0 Å². The Hall–Kier alpha value is -1.40. The molecule has 0 aromatic rings. The van der Waals surface area contributed by atoms with Gasteiger partial charge in [0.2, 0.25) is 0 Å². The number of hydrogen-bond acceptors (Lipinski definition) is 5. The van der Waals surface area contributed by atoms with Crippen LogP contribution in [0, 0.1) is 0 Å². The van der Waals surface area contributed by atoms with Crippen molar-refractivity contribution in [3.63, 3.8) is 0 Å². The highest BCUT2D eigenvalue weighted by molar-refractivity contribution is 5.90. The molecule has 0 aliphatic carbocycles. The third-order valence-electron chi connectivity index (χ3n) is 2.26. The number of carbonyl (C=O) groups is 2. The topological polar surface area (TPSA) is 70.1 Å². The second-order valence-corrected chi connectivity index (χ2v) is 3.67. The zero-order valence-corrected chi connectivity index (χ0v) is 9.26. The van der Waals surface area contributed by atoms with Crippen LogP contribution in [0.2, 0.25) is 0 Å². The summed E-state index contributed by atoms with van der Waals surface area (Å²) < 4.78 is 0. The second kappa shape index (κ2) is 6.24. The number of aliphatic carboxylic acids is 1. The second-order valence-electron chi connectivity index (χ2n) is 3.67. The van der Waals surface area contributed by atoms with Crippen molar-refractivity contribution < 1.29 is 19.5 Å². The van der Waals surface area contributed by atoms with Crippen LogP contribution in [-0.2, 0) is 14.4 Å². The van der Waals surface area contributed by atoms with E-state index in [1.54, 1.807) is 5.06 Å². The zero-order valence-electron chi connectivity index (χ0n) is 9.26. The van der Waals surface area contributed by atoms with E-state index in [0.29, 0.717) is 13.1 Å². The largest absolute Gasteiger partial charge is 0.478 e. The van der Waals surface area contributed by atoms with E-state index in [9.17, 15) is 9.59 Å². The SMILES string of the molecule is CN1CCCN(OC(=O)C=CC(=O)O)CC1. The van der Waals surface area contributed by atoms with Gasteiger partial charge in [-0.3, -0.25) is 0 Å². The molecule has 1 aliphatic rings. The van der Waals surface area contributed by atoms with Crippen molar-refractivity contribution in [2.24, 2.45) is 0 Å². The van der Waals surface area contributed by atoms with Crippen molar-refractivity contribution in [2.45, 2.75) is 6.42 Å². The van der Waals surface area contributed by atoms with Gasteiger partial charge < -0.3 is 14.8 Å². The minimum absolute atomic E-state index is 0.642. The first-order valence-electron chi connectivity index (χ1n) is 5.14. The number of likely N-dealkylation sites (N-methyl/N-ethyl adjacent to an activating group) is 1. The maximum absolute atomic E-state index is 11.2. The first kappa shape index (κ1) is 12.7. The number of hydroxylamine groups is 2. The molecule has 1 heterocycles. The summed E-state index contributed by atoms with van der Waals surface area (Å²) in [7, 11) is 2.01. The van der Waals surface area contributed by atoms with E-state index in [2.05, 4.69) is 4.90 Å². The van der Waals surface area contributed by atoms with Crippen LogP contribution in [0.3, 0.4) is 0 Å². The summed E-state index contributed by atoms with van der Waals surface area (Å²) in [6.45, 7) is 3.12. The molecule has 0 amide bonds. The molecule has 0 spiro atoms. The van der Waals surface area contributed by atoms with Crippen LogP contribution in [0.5, 0.6) is 0 Å². The van der Waals surface area contributed by atoms with Crippen molar-refractivity contribution >= 4 is 11.9 Å². The monoisotopic (exact) mass is 228 g/mol. The number of carbonyl (C=O) groups excluding carboxylic acids is 1. The lowest BCUT2D eigenvalue weighted by Crippen LogP contribution is -2.30. The molecule has 0 unspecified atom stereocenters. The highest BCUT2D eigenvalue weighted by Gasteiger charge is 2.14. The van der Waals surface area contributed by atoms with Gasteiger partial charge in [-0.1, -0.05) is 0 Å². The average Bonchev–Trinajstić information content (AvgIpc) is 2.41. The van der Waals surface area contributed by atoms with Gasteiger partial charge in [0.1, 0.15) is 0 Å². The van der Waals surface area contributed by atoms with Crippen LogP contribution in [-0.4, -0.2) is 60.2 Å². The standard InChI is InChI=1S/C10H16N2O4/c1-11-5-2-6-12(8-7-11)16-10(15)4-3-9(13)14/h3-4H,2,5-8H2,1H3,(H,13,14). The third-order valence-corrected chi connectivity index (χ3v) is 2.26. The van der Waals surface area contributed by atoms with Crippen LogP contribution in [0.25, 0.3) is 0 Å². The Balaban J connectivity index is 2.35. The molecular weight excluding hydrogens is 212 g/mol. The quantitative estimate of drug-likeness (QED) is 0.670. The molecule has 6 nitrogen and oxygen atoms in total. The van der Waals surface area contributed by atoms with E-state index in [1.807, 2.05) is 7.05 Å². The summed E-state index contributed by atoms with van der Waals surface area (Å²) in [5.41, 5.74) is 0. The number of nitrogens with zero attached hydrogens (tertiary/aromatic N) is 2. The number of rotatable bonds is 3. The fourth-order valence-corrected chi connectivity index (χ4v) is 1.41. The Morgan fingerprint density at radius 1 is 1.19 bits per heavy atom. The van der Waals surface area contributed by atoms with Crippen molar-refractivity contribution in [2.75, 3.05) is 33.2 Å². The maximum atomic E-state index is 11.2. The molecule has 0 aromatic carbocycles. The highest BCUT2D eigenvalue weighted by Crippen LogP contribution is 2.02. The van der Waals surface area contributed by atoms with Crippen molar-refractivity contribution in [3.05, 3.63) is 12.2 Å². The number of carboxylic acids is 1. The van der Waals surface area contributed by atoms with Gasteiger partial charge in [-0.2, -0.15) is 0 Å². The van der Waals surface area contributed by atoms with E-state index in [0.717, 1.165) is 31.7 Å². The Morgan fingerprint density at radius 3 is 2.62 bits per heavy atom. The molecule has 0 radical (unpaired) electrons. The highest BCUT2D eigenvalue weighted by atomic mass is 16.7. The molecule has 1 N–H and O–H groups in total. The Morgan fingerprint density at radius 2 is 1.94 bits per heavy atom. The minimum atomic E-state index is -1.16. The summed E-state index contributed by atoms with van der Waals surface area (Å²) in [4.78, 5) is 28.5. The minimum Gasteiger partial charge on any atom is -0.478 e. The summed E-state index contributed by atoms with van der Waals surface area (Å²) in [6, 6.07) is 0. The van der Waals surface area contributed by atoms with E-state index in [4.69, 9.17) is 9.94 Å². The van der Waals surface area contributed by atoms with Gasteiger partial charge in [0.05, 0.1) is 0 Å². The van der Waals surface area contributed by atoms with Crippen LogP contribution < -0.4 is 0 Å². The molecule has 90 valence electrons. The summed E-state index contributed by atoms with van der Waals surface area (Å²) >= 11 is 0. The van der Waals surface area contributed by atoms with Gasteiger partial charge in [-0.15, -0.1) is 5.06 Å². The fourth-order valence-electron chi connectivity index (χ4n) is 1.41. The third kappa shape index (κ3) is 4.90. The summed E-state index contributed by atoms with van der Waals surface area (Å²) in [5, 5.41) is 9.90. The van der Waals surface area contributed by atoms with Gasteiger partial charge in [0.25, 0.3) is 0 Å². The zero-order chi connectivity index (χ0) is 12.0. The molecule has 6 heteroatoms. The van der Waals surface area contributed by atoms with Gasteiger partial charge in [-0.25, -0.2) is 9.59 Å². The number of carboxylic acid groups (broad SMARTS) is 1. The van der Waals surface area contributed by atoms with Gasteiger partial charge in [0, 0.05) is 31.8 Å². The van der Waals surface area contributed by atoms with E-state index >= 15 is 0 Å². The first-order chi connectivity index (χ1) is 7.58. The molecule has 0 saturated carbocycles. The molecule has 0 atom stereocenters. The molecule has 1 rings (SSSR count). The maximum Gasteiger partial charge on any atom is 0.349 e. The van der Waals surface area contributed by atoms with Crippen LogP contribution in [0.15, 0.2) is 12.2 Å². The molecule has 1 saturated heterocycles. The normalized spacial score (nSPS) is 19.6. The first-order valence-corrected chi connectivity index (χ1v) is 5.14. The summed E-state index contributed by atoms with van der Waals surface area (Å²) in [6.07, 6.45) is 2.61. The van der Waals surface area contributed by atoms with Crippen LogP contribution in [0.1, 0.15) is 6.42 Å². The molecule has 0 aromatic heterocycles. The molecule has 1 aliphatic heterocycles. The molecular formula is C10H16N2O4. The Bertz CT molecular complexity index is 291. The molecule has 16 heavy (non-hydrogen) atoms. The summed E-state index contributed by atoms with van der Waals surface area (Å²) in [5.74, 6) is -1.81. The predicted octanol–water partition coefficient (Wildman–Crippen LogP) is -0.277. The van der Waals surface area contributed by atoms with Crippen molar-refractivity contribution in [3.8, 4) is 0 Å². The number of hydrogen-bond donors (Lipinski definition) is 1. The van der Waals surface area contributed by atoms with Gasteiger partial charge >= 0.3 is 11.9 Å². The van der Waals surface area contributed by atoms with Crippen molar-refractivity contribution in [1.82, 2.24) is 9.96 Å². The van der Waals surface area contributed by atoms with E-state index < -0.39 is 11.9 Å². The van der Waals surface area contributed by atoms with Crippen molar-refractivity contribution in [1.29, 1.82) is 0 Å². The average molecular weight is 228 g/mol. The smallest absolute Gasteiger partial charge is 0.349 e. The van der Waals surface area contributed by atoms with Crippen LogP contribution >= 0.6 is 0 Å². The van der Waals surface area contributed by atoms with Gasteiger partial charge in [0.15, 0.2) is 0 Å². The Labute approximate surface area is 94.0 Å². The molecule has 0 bridgehead atoms. The Kier molecular flexibility index (Phi) is 4.94. The lowest BCUT2D eigenvalue weighted by Gasteiger charge is -2.17.